The Kier molecular flexibility index (Phi) is 7.94. The molecule has 0 aromatic heterocycles. The maximum absolute atomic E-state index is 13.1. The molecule has 0 spiro atoms. The van der Waals surface area contributed by atoms with Crippen LogP contribution in [0.25, 0.3) is 5.76 Å². The smallest absolute Gasteiger partial charge is 0.295 e. The summed E-state index contributed by atoms with van der Waals surface area (Å²) in [5.41, 5.74) is 1.21. The number of halogens is 1. The van der Waals surface area contributed by atoms with Crippen LogP contribution in [-0.2, 0) is 9.59 Å². The third-order valence-electron chi connectivity index (χ3n) is 5.84. The highest BCUT2D eigenvalue weighted by atomic mass is 35.5. The van der Waals surface area contributed by atoms with Crippen molar-refractivity contribution in [1.29, 1.82) is 0 Å². The van der Waals surface area contributed by atoms with Crippen molar-refractivity contribution in [3.63, 3.8) is 0 Å². The Labute approximate surface area is 194 Å². The van der Waals surface area contributed by atoms with E-state index in [-0.39, 0.29) is 11.3 Å². The van der Waals surface area contributed by atoms with Crippen LogP contribution in [0.4, 0.5) is 0 Å². The number of nitrogens with zero attached hydrogens (tertiary/aromatic N) is 2. The molecule has 1 heterocycles. The molecule has 0 unspecified atom stereocenters. The minimum absolute atomic E-state index is 0.0743. The number of aliphatic hydroxyl groups excluding tert-OH is 1. The first kappa shape index (κ1) is 23.8. The topological polar surface area (TPSA) is 70.1 Å². The van der Waals surface area contributed by atoms with E-state index in [0.717, 1.165) is 19.6 Å². The van der Waals surface area contributed by atoms with Gasteiger partial charge in [-0.25, -0.2) is 0 Å². The second kappa shape index (κ2) is 10.7. The van der Waals surface area contributed by atoms with Crippen LogP contribution in [0.3, 0.4) is 0 Å². The van der Waals surface area contributed by atoms with E-state index in [1.165, 1.54) is 0 Å². The van der Waals surface area contributed by atoms with Crippen LogP contribution in [0.2, 0.25) is 5.02 Å². The van der Waals surface area contributed by atoms with Gasteiger partial charge in [-0.3, -0.25) is 9.59 Å². The standard InChI is InChI=1S/C25H29ClN2O4/c1-4-27(5-2)14-7-15-28-22(18-8-6-9-19(26)16-18)21(24(30)25(28)31)23(29)17-10-12-20(32-3)13-11-17/h6,8-13,16,22,29H,4-5,7,14-15H2,1-3H3/t22-/m0/s1. The highest BCUT2D eigenvalue weighted by molar-refractivity contribution is 6.46. The summed E-state index contributed by atoms with van der Waals surface area (Å²) < 4.78 is 5.17. The zero-order valence-corrected chi connectivity index (χ0v) is 19.4. The molecule has 1 aliphatic heterocycles. The Morgan fingerprint density at radius 1 is 1.12 bits per heavy atom. The molecule has 2 aromatic rings. The fraction of sp³-hybridized carbons (Fsp3) is 0.360. The van der Waals surface area contributed by atoms with E-state index in [2.05, 4.69) is 18.7 Å². The maximum atomic E-state index is 13.1. The van der Waals surface area contributed by atoms with Gasteiger partial charge in [0.1, 0.15) is 11.5 Å². The van der Waals surface area contributed by atoms with Crippen molar-refractivity contribution in [2.45, 2.75) is 26.3 Å². The quantitative estimate of drug-likeness (QED) is 0.341. The number of ketones is 1. The van der Waals surface area contributed by atoms with E-state index in [0.29, 0.717) is 34.9 Å². The number of Topliss-reactive ketones (excluding diaryl/α,β-unsaturated/α-hetero) is 1. The van der Waals surface area contributed by atoms with Crippen molar-refractivity contribution in [3.8, 4) is 5.75 Å². The number of benzene rings is 2. The summed E-state index contributed by atoms with van der Waals surface area (Å²) >= 11 is 6.22. The number of amides is 1. The third-order valence-corrected chi connectivity index (χ3v) is 6.07. The summed E-state index contributed by atoms with van der Waals surface area (Å²) in [5, 5.41) is 11.6. The molecule has 7 heteroatoms. The van der Waals surface area contributed by atoms with E-state index in [1.54, 1.807) is 54.5 Å². The zero-order valence-electron chi connectivity index (χ0n) is 18.7. The van der Waals surface area contributed by atoms with Gasteiger partial charge >= 0.3 is 0 Å². The van der Waals surface area contributed by atoms with Gasteiger partial charge in [0.2, 0.25) is 0 Å². The summed E-state index contributed by atoms with van der Waals surface area (Å²) in [6.45, 7) is 7.25. The van der Waals surface area contributed by atoms with Crippen molar-refractivity contribution in [3.05, 3.63) is 70.3 Å². The first-order chi connectivity index (χ1) is 15.4. The lowest BCUT2D eigenvalue weighted by atomic mass is 9.95. The second-order valence-corrected chi connectivity index (χ2v) is 8.09. The molecule has 1 N–H and O–H groups in total. The molecular weight excluding hydrogens is 428 g/mol. The molecular formula is C25H29ClN2O4. The molecule has 0 saturated carbocycles. The lowest BCUT2D eigenvalue weighted by Gasteiger charge is -2.27. The number of carbonyl (C=O) groups is 2. The molecule has 1 saturated heterocycles. The Balaban J connectivity index is 2.02. The van der Waals surface area contributed by atoms with E-state index >= 15 is 0 Å². The Hall–Kier alpha value is -2.83. The molecule has 32 heavy (non-hydrogen) atoms. The first-order valence-electron chi connectivity index (χ1n) is 10.8. The van der Waals surface area contributed by atoms with E-state index in [1.807, 2.05) is 6.07 Å². The molecule has 3 rings (SSSR count). The number of methoxy groups -OCH3 is 1. The average Bonchev–Trinajstić information content (AvgIpc) is 3.06. The number of rotatable bonds is 9. The van der Waals surface area contributed by atoms with Gasteiger partial charge < -0.3 is 19.6 Å². The number of carbonyl (C=O) groups excluding carboxylic acids is 2. The summed E-state index contributed by atoms with van der Waals surface area (Å²) in [6.07, 6.45) is 0.717. The predicted octanol–water partition coefficient (Wildman–Crippen LogP) is 4.50. The van der Waals surface area contributed by atoms with Crippen molar-refractivity contribution < 1.29 is 19.4 Å². The van der Waals surface area contributed by atoms with Crippen LogP contribution in [-0.4, -0.2) is 59.9 Å². The molecule has 6 nitrogen and oxygen atoms in total. The number of likely N-dealkylation sites (tertiary alicyclic amines) is 1. The zero-order chi connectivity index (χ0) is 23.3. The number of hydrogen-bond donors (Lipinski definition) is 1. The lowest BCUT2D eigenvalue weighted by Crippen LogP contribution is -2.33. The minimum atomic E-state index is -0.701. The van der Waals surface area contributed by atoms with Crippen molar-refractivity contribution in [2.75, 3.05) is 33.3 Å². The number of aliphatic hydroxyl groups is 1. The van der Waals surface area contributed by atoms with Crippen LogP contribution in [0.5, 0.6) is 5.75 Å². The molecule has 2 aromatic carbocycles. The van der Waals surface area contributed by atoms with Crippen molar-refractivity contribution in [2.24, 2.45) is 0 Å². The number of hydrogen-bond acceptors (Lipinski definition) is 5. The fourth-order valence-electron chi connectivity index (χ4n) is 4.04. The Bertz CT molecular complexity index is 999. The third kappa shape index (κ3) is 4.97. The average molecular weight is 457 g/mol. The molecule has 0 aliphatic carbocycles. The molecule has 1 fully saturated rings. The van der Waals surface area contributed by atoms with Gasteiger partial charge in [0, 0.05) is 17.1 Å². The summed E-state index contributed by atoms with van der Waals surface area (Å²) in [4.78, 5) is 29.9. The summed E-state index contributed by atoms with van der Waals surface area (Å²) in [7, 11) is 1.55. The highest BCUT2D eigenvalue weighted by Crippen LogP contribution is 2.40. The Morgan fingerprint density at radius 2 is 1.81 bits per heavy atom. The van der Waals surface area contributed by atoms with Gasteiger partial charge in [0.25, 0.3) is 11.7 Å². The van der Waals surface area contributed by atoms with Gasteiger partial charge in [0.15, 0.2) is 0 Å². The summed E-state index contributed by atoms with van der Waals surface area (Å²) in [5.74, 6) is -0.872. The monoisotopic (exact) mass is 456 g/mol. The van der Waals surface area contributed by atoms with Crippen molar-refractivity contribution >= 4 is 29.1 Å². The second-order valence-electron chi connectivity index (χ2n) is 7.66. The fourth-order valence-corrected chi connectivity index (χ4v) is 4.24. The maximum Gasteiger partial charge on any atom is 0.295 e. The number of ether oxygens (including phenoxy) is 1. The van der Waals surface area contributed by atoms with Crippen LogP contribution >= 0.6 is 11.6 Å². The Morgan fingerprint density at radius 3 is 2.41 bits per heavy atom. The van der Waals surface area contributed by atoms with Gasteiger partial charge in [0.05, 0.1) is 18.7 Å². The SMILES string of the molecule is CCN(CC)CCCN1C(=O)C(=O)C(=C(O)c2ccc(OC)cc2)[C@@H]1c1cccc(Cl)c1. The first-order valence-corrected chi connectivity index (χ1v) is 11.2. The highest BCUT2D eigenvalue weighted by Gasteiger charge is 2.45. The van der Waals surface area contributed by atoms with Crippen molar-refractivity contribution in [1.82, 2.24) is 9.80 Å². The van der Waals surface area contributed by atoms with Gasteiger partial charge in [-0.15, -0.1) is 0 Å². The van der Waals surface area contributed by atoms with Gasteiger partial charge in [-0.1, -0.05) is 37.6 Å². The van der Waals surface area contributed by atoms with Crippen LogP contribution in [0.15, 0.2) is 54.1 Å². The minimum Gasteiger partial charge on any atom is -0.507 e. The molecule has 1 amide bonds. The predicted molar refractivity (Wildman–Crippen MR) is 126 cm³/mol. The van der Waals surface area contributed by atoms with Gasteiger partial charge in [-0.05, 0) is 68.0 Å². The van der Waals surface area contributed by atoms with Crippen LogP contribution < -0.4 is 4.74 Å². The molecule has 0 radical (unpaired) electrons. The molecule has 1 atom stereocenters. The van der Waals surface area contributed by atoms with Crippen LogP contribution in [0, 0.1) is 0 Å². The molecule has 170 valence electrons. The van der Waals surface area contributed by atoms with Crippen LogP contribution in [0.1, 0.15) is 37.4 Å². The van der Waals surface area contributed by atoms with E-state index in [4.69, 9.17) is 16.3 Å². The molecule has 0 bridgehead atoms. The molecule has 1 aliphatic rings. The normalized spacial score (nSPS) is 17.9. The summed E-state index contributed by atoms with van der Waals surface area (Å²) in [6, 6.07) is 13.1. The largest absolute Gasteiger partial charge is 0.507 e. The lowest BCUT2D eigenvalue weighted by molar-refractivity contribution is -0.140. The van der Waals surface area contributed by atoms with Gasteiger partial charge in [-0.2, -0.15) is 0 Å². The van der Waals surface area contributed by atoms with E-state index in [9.17, 15) is 14.7 Å². The van der Waals surface area contributed by atoms with E-state index < -0.39 is 17.7 Å².